The van der Waals surface area contributed by atoms with E-state index >= 15 is 0 Å². The number of amides is 1. The van der Waals surface area contributed by atoms with Gasteiger partial charge in [0.25, 0.3) is 5.91 Å². The van der Waals surface area contributed by atoms with Gasteiger partial charge in [-0.3, -0.25) is 9.59 Å². The van der Waals surface area contributed by atoms with Crippen molar-refractivity contribution in [2.45, 2.75) is 19.4 Å². The third-order valence-corrected chi connectivity index (χ3v) is 3.21. The van der Waals surface area contributed by atoms with Crippen LogP contribution >= 0.6 is 11.6 Å². The van der Waals surface area contributed by atoms with Crippen molar-refractivity contribution in [2.75, 3.05) is 0 Å². The highest BCUT2D eigenvalue weighted by atomic mass is 35.5. The van der Waals surface area contributed by atoms with E-state index in [4.69, 9.17) is 11.6 Å². The van der Waals surface area contributed by atoms with Crippen molar-refractivity contribution in [2.24, 2.45) is 0 Å². The Morgan fingerprint density at radius 3 is 2.70 bits per heavy atom. The molecule has 1 amide bonds. The molecule has 2 N–H and O–H groups in total. The lowest BCUT2D eigenvalue weighted by Crippen LogP contribution is -2.30. The molecule has 0 saturated carbocycles. The minimum Gasteiger partial charge on any atom is -0.344 e. The molecule has 2 aromatic rings. The van der Waals surface area contributed by atoms with Gasteiger partial charge in [-0.05, 0) is 30.2 Å². The summed E-state index contributed by atoms with van der Waals surface area (Å²) in [6, 6.07) is 11.7. The molecule has 4 nitrogen and oxygen atoms in total. The van der Waals surface area contributed by atoms with E-state index in [0.717, 1.165) is 12.0 Å². The van der Waals surface area contributed by atoms with Gasteiger partial charge in [-0.15, -0.1) is 0 Å². The molecule has 1 atom stereocenters. The van der Waals surface area contributed by atoms with Crippen LogP contribution in [-0.4, -0.2) is 10.9 Å². The van der Waals surface area contributed by atoms with Crippen molar-refractivity contribution >= 4 is 17.5 Å². The first-order valence-electron chi connectivity index (χ1n) is 6.36. The first-order chi connectivity index (χ1) is 9.60. The molecule has 0 aliphatic heterocycles. The quantitative estimate of drug-likeness (QED) is 0.909. The molecule has 0 aliphatic rings. The summed E-state index contributed by atoms with van der Waals surface area (Å²) >= 11 is 5.96. The largest absolute Gasteiger partial charge is 0.344 e. The smallest absolute Gasteiger partial charge is 0.268 e. The van der Waals surface area contributed by atoms with Gasteiger partial charge in [-0.1, -0.05) is 36.7 Å². The van der Waals surface area contributed by atoms with Gasteiger partial charge in [0.1, 0.15) is 5.69 Å². The van der Waals surface area contributed by atoms with Crippen LogP contribution in [0.3, 0.4) is 0 Å². The van der Waals surface area contributed by atoms with Crippen LogP contribution in [0.15, 0.2) is 47.3 Å². The van der Waals surface area contributed by atoms with Crippen molar-refractivity contribution in [1.29, 1.82) is 0 Å². The highest BCUT2D eigenvalue weighted by Crippen LogP contribution is 2.20. The Hall–Kier alpha value is -2.07. The molecule has 0 fully saturated rings. The Labute approximate surface area is 121 Å². The number of aromatic amines is 1. The number of nitrogens with one attached hydrogen (secondary N) is 2. The first-order valence-corrected chi connectivity index (χ1v) is 6.73. The van der Waals surface area contributed by atoms with Crippen LogP contribution in [0.25, 0.3) is 0 Å². The number of benzene rings is 1. The standard InChI is InChI=1S/C15H15ClN2O2/c1-2-12(10-5-3-6-11(16)9-10)18-15(20)13-7-4-8-14(19)17-13/h3-9,12H,2H2,1H3,(H,17,19)(H,18,20). The molecule has 20 heavy (non-hydrogen) atoms. The van der Waals surface area contributed by atoms with E-state index in [9.17, 15) is 9.59 Å². The maximum Gasteiger partial charge on any atom is 0.268 e. The molecule has 2 rings (SSSR count). The number of halogens is 1. The Morgan fingerprint density at radius 1 is 1.30 bits per heavy atom. The minimum atomic E-state index is -0.311. The molecule has 104 valence electrons. The van der Waals surface area contributed by atoms with Crippen LogP contribution in [0.2, 0.25) is 5.02 Å². The first kappa shape index (κ1) is 14.3. The average Bonchev–Trinajstić information content (AvgIpc) is 2.44. The highest BCUT2D eigenvalue weighted by molar-refractivity contribution is 6.30. The lowest BCUT2D eigenvalue weighted by Gasteiger charge is -2.17. The zero-order valence-electron chi connectivity index (χ0n) is 11.0. The van der Waals surface area contributed by atoms with Gasteiger partial charge < -0.3 is 10.3 Å². The molecule has 5 heteroatoms. The van der Waals surface area contributed by atoms with Gasteiger partial charge in [-0.25, -0.2) is 0 Å². The lowest BCUT2D eigenvalue weighted by molar-refractivity contribution is 0.0930. The Kier molecular flexibility index (Phi) is 4.58. The predicted octanol–water partition coefficient (Wildman–Crippen LogP) is 2.91. The number of carbonyl (C=O) groups excluding carboxylic acids is 1. The summed E-state index contributed by atoms with van der Waals surface area (Å²) in [5.41, 5.74) is 0.887. The van der Waals surface area contributed by atoms with Crippen LogP contribution in [0.1, 0.15) is 35.4 Å². The number of pyridine rings is 1. The Morgan fingerprint density at radius 2 is 2.05 bits per heavy atom. The van der Waals surface area contributed by atoms with Crippen molar-refractivity contribution in [3.63, 3.8) is 0 Å². The summed E-state index contributed by atoms with van der Waals surface area (Å²) in [6.45, 7) is 1.97. The second kappa shape index (κ2) is 6.39. The normalized spacial score (nSPS) is 11.9. The second-order valence-electron chi connectivity index (χ2n) is 4.42. The van der Waals surface area contributed by atoms with E-state index in [-0.39, 0.29) is 23.2 Å². The van der Waals surface area contributed by atoms with Crippen molar-refractivity contribution in [1.82, 2.24) is 10.3 Å². The number of carbonyl (C=O) groups is 1. The zero-order valence-corrected chi connectivity index (χ0v) is 11.8. The minimum absolute atomic E-state index is 0.148. The van der Waals surface area contributed by atoms with Crippen LogP contribution < -0.4 is 10.9 Å². The van der Waals surface area contributed by atoms with Crippen LogP contribution in [0.5, 0.6) is 0 Å². The zero-order chi connectivity index (χ0) is 14.5. The molecule has 0 radical (unpaired) electrons. The number of aromatic nitrogens is 1. The van der Waals surface area contributed by atoms with Crippen molar-refractivity contribution < 1.29 is 4.79 Å². The summed E-state index contributed by atoms with van der Waals surface area (Å²) in [7, 11) is 0. The van der Waals surface area contributed by atoms with Crippen molar-refractivity contribution in [3.8, 4) is 0 Å². The molecule has 1 heterocycles. The van der Waals surface area contributed by atoms with E-state index in [1.807, 2.05) is 25.1 Å². The van der Waals surface area contributed by atoms with E-state index < -0.39 is 0 Å². The number of rotatable bonds is 4. The van der Waals surface area contributed by atoms with Gasteiger partial charge in [0.15, 0.2) is 0 Å². The molecule has 0 spiro atoms. The highest BCUT2D eigenvalue weighted by Gasteiger charge is 2.14. The molecule has 0 saturated heterocycles. The molecule has 0 aliphatic carbocycles. The second-order valence-corrected chi connectivity index (χ2v) is 4.85. The van der Waals surface area contributed by atoms with E-state index in [0.29, 0.717) is 5.02 Å². The van der Waals surface area contributed by atoms with E-state index in [2.05, 4.69) is 10.3 Å². The summed E-state index contributed by atoms with van der Waals surface area (Å²) in [6.07, 6.45) is 0.725. The van der Waals surface area contributed by atoms with Gasteiger partial charge in [0.05, 0.1) is 6.04 Å². The molecular formula is C15H15ClN2O2. The summed E-state index contributed by atoms with van der Waals surface area (Å²) in [4.78, 5) is 25.8. The van der Waals surface area contributed by atoms with Crippen LogP contribution in [-0.2, 0) is 0 Å². The average molecular weight is 291 g/mol. The molecule has 0 bridgehead atoms. The maximum absolute atomic E-state index is 12.1. The molecule has 1 aromatic heterocycles. The fourth-order valence-corrected chi connectivity index (χ4v) is 2.16. The van der Waals surface area contributed by atoms with Crippen LogP contribution in [0.4, 0.5) is 0 Å². The Bertz CT molecular complexity index is 667. The molecule has 1 unspecified atom stereocenters. The third-order valence-electron chi connectivity index (χ3n) is 2.98. The summed E-state index contributed by atoms with van der Waals surface area (Å²) < 4.78 is 0. The van der Waals surface area contributed by atoms with E-state index in [1.165, 1.54) is 6.07 Å². The number of hydrogen-bond donors (Lipinski definition) is 2. The van der Waals surface area contributed by atoms with E-state index in [1.54, 1.807) is 18.2 Å². The van der Waals surface area contributed by atoms with Gasteiger partial charge in [0, 0.05) is 11.1 Å². The Balaban J connectivity index is 2.18. The fourth-order valence-electron chi connectivity index (χ4n) is 1.96. The maximum atomic E-state index is 12.1. The topological polar surface area (TPSA) is 62.0 Å². The van der Waals surface area contributed by atoms with Crippen LogP contribution in [0, 0.1) is 0 Å². The third kappa shape index (κ3) is 3.48. The van der Waals surface area contributed by atoms with Gasteiger partial charge in [0.2, 0.25) is 5.56 Å². The molecular weight excluding hydrogens is 276 g/mol. The lowest BCUT2D eigenvalue weighted by atomic mass is 10.0. The monoisotopic (exact) mass is 290 g/mol. The predicted molar refractivity (Wildman–Crippen MR) is 79.0 cm³/mol. The number of H-pyrrole nitrogens is 1. The fraction of sp³-hybridized carbons (Fsp3) is 0.200. The summed E-state index contributed by atoms with van der Waals surface area (Å²) in [5, 5.41) is 3.51. The van der Waals surface area contributed by atoms with Gasteiger partial charge in [-0.2, -0.15) is 0 Å². The van der Waals surface area contributed by atoms with Gasteiger partial charge >= 0.3 is 0 Å². The SMILES string of the molecule is CCC(NC(=O)c1cccc(=O)[nH]1)c1cccc(Cl)c1. The van der Waals surface area contributed by atoms with Crippen molar-refractivity contribution in [3.05, 3.63) is 69.1 Å². The molecule has 1 aromatic carbocycles. The number of hydrogen-bond acceptors (Lipinski definition) is 2. The summed E-state index contributed by atoms with van der Waals surface area (Å²) in [5.74, 6) is -0.311.